The predicted molar refractivity (Wildman–Crippen MR) is 81.6 cm³/mol. The van der Waals surface area contributed by atoms with Gasteiger partial charge < -0.3 is 5.32 Å². The van der Waals surface area contributed by atoms with Crippen molar-refractivity contribution >= 4 is 21.2 Å². The van der Waals surface area contributed by atoms with Crippen molar-refractivity contribution in [2.75, 3.05) is 25.1 Å². The van der Waals surface area contributed by atoms with Crippen LogP contribution in [0.3, 0.4) is 0 Å². The van der Waals surface area contributed by atoms with Crippen LogP contribution in [0.5, 0.6) is 0 Å². The van der Waals surface area contributed by atoms with Gasteiger partial charge in [-0.05, 0) is 56.8 Å². The van der Waals surface area contributed by atoms with Crippen LogP contribution in [0, 0.1) is 11.8 Å². The first kappa shape index (κ1) is 15.0. The zero-order valence-electron chi connectivity index (χ0n) is 11.7. The van der Waals surface area contributed by atoms with Gasteiger partial charge in [-0.2, -0.15) is 0 Å². The highest BCUT2D eigenvalue weighted by molar-refractivity contribution is 7.91. The number of thiophene rings is 1. The summed E-state index contributed by atoms with van der Waals surface area (Å²) in [6.45, 7) is 3.07. The standard InChI is InChI=1S/C14H23NO2S2/c1-3-13-4-5-14(18-13)8-12(9-15-2)11-6-7-19(16,17)10-11/h4-5,11-12,15H,3,6-10H2,1-2H3. The SMILES string of the molecule is CCc1ccc(CC(CNC)C2CCS(=O)(=O)C2)s1. The molecule has 0 amide bonds. The van der Waals surface area contributed by atoms with E-state index in [-0.39, 0.29) is 0 Å². The first-order chi connectivity index (χ1) is 9.04. The Labute approximate surface area is 120 Å². The van der Waals surface area contributed by atoms with Gasteiger partial charge in [0.15, 0.2) is 9.84 Å². The number of sulfone groups is 1. The summed E-state index contributed by atoms with van der Waals surface area (Å²) in [7, 11) is -0.828. The maximum atomic E-state index is 11.6. The van der Waals surface area contributed by atoms with E-state index >= 15 is 0 Å². The van der Waals surface area contributed by atoms with E-state index < -0.39 is 9.84 Å². The van der Waals surface area contributed by atoms with Crippen LogP contribution in [0.4, 0.5) is 0 Å². The number of aryl methyl sites for hydroxylation is 1. The molecule has 3 nitrogen and oxygen atoms in total. The van der Waals surface area contributed by atoms with Crippen molar-refractivity contribution in [1.29, 1.82) is 0 Å². The maximum absolute atomic E-state index is 11.6. The molecule has 1 aromatic heterocycles. The molecule has 5 heteroatoms. The van der Waals surface area contributed by atoms with Gasteiger partial charge in [0.2, 0.25) is 0 Å². The summed E-state index contributed by atoms with van der Waals surface area (Å²) < 4.78 is 23.3. The maximum Gasteiger partial charge on any atom is 0.150 e. The van der Waals surface area contributed by atoms with E-state index in [1.54, 1.807) is 0 Å². The number of hydrogen-bond acceptors (Lipinski definition) is 4. The van der Waals surface area contributed by atoms with E-state index in [0.717, 1.165) is 25.8 Å². The Hall–Kier alpha value is -0.390. The van der Waals surface area contributed by atoms with Crippen LogP contribution in [-0.4, -0.2) is 33.5 Å². The molecule has 1 saturated heterocycles. The lowest BCUT2D eigenvalue weighted by molar-refractivity contribution is 0.353. The van der Waals surface area contributed by atoms with Crippen LogP contribution in [0.25, 0.3) is 0 Å². The molecule has 19 heavy (non-hydrogen) atoms. The minimum absolute atomic E-state index is 0.324. The molecule has 0 saturated carbocycles. The van der Waals surface area contributed by atoms with Crippen molar-refractivity contribution in [3.8, 4) is 0 Å². The third-order valence-corrected chi connectivity index (χ3v) is 6.98. The smallest absolute Gasteiger partial charge is 0.150 e. The molecule has 0 aliphatic carbocycles. The van der Waals surface area contributed by atoms with E-state index in [9.17, 15) is 8.42 Å². The third kappa shape index (κ3) is 4.04. The lowest BCUT2D eigenvalue weighted by Crippen LogP contribution is -2.28. The van der Waals surface area contributed by atoms with Crippen molar-refractivity contribution in [3.63, 3.8) is 0 Å². The average molecular weight is 301 g/mol. The average Bonchev–Trinajstić information content (AvgIpc) is 2.95. The van der Waals surface area contributed by atoms with Crippen LogP contribution in [0.1, 0.15) is 23.1 Å². The van der Waals surface area contributed by atoms with Gasteiger partial charge in [-0.3, -0.25) is 0 Å². The Bertz CT molecular complexity index is 507. The van der Waals surface area contributed by atoms with Crippen molar-refractivity contribution in [2.45, 2.75) is 26.2 Å². The van der Waals surface area contributed by atoms with E-state index in [1.807, 2.05) is 18.4 Å². The molecule has 2 atom stereocenters. The van der Waals surface area contributed by atoms with Crippen LogP contribution in [-0.2, 0) is 22.7 Å². The highest BCUT2D eigenvalue weighted by atomic mass is 32.2. The zero-order valence-corrected chi connectivity index (χ0v) is 13.3. The highest BCUT2D eigenvalue weighted by Crippen LogP contribution is 2.30. The Kier molecular flexibility index (Phi) is 5.03. The molecule has 0 radical (unpaired) electrons. The van der Waals surface area contributed by atoms with Gasteiger partial charge in [0.25, 0.3) is 0 Å². The molecule has 1 fully saturated rings. The topological polar surface area (TPSA) is 46.2 Å². The summed E-state index contributed by atoms with van der Waals surface area (Å²) >= 11 is 1.87. The van der Waals surface area contributed by atoms with Crippen LogP contribution in [0.2, 0.25) is 0 Å². The second kappa shape index (κ2) is 6.37. The van der Waals surface area contributed by atoms with Gasteiger partial charge in [0.05, 0.1) is 11.5 Å². The minimum atomic E-state index is -2.77. The summed E-state index contributed by atoms with van der Waals surface area (Å²) in [5, 5.41) is 3.22. The molecule has 2 unspecified atom stereocenters. The van der Waals surface area contributed by atoms with Crippen molar-refractivity contribution < 1.29 is 8.42 Å². The third-order valence-electron chi connectivity index (χ3n) is 3.93. The molecule has 1 N–H and O–H groups in total. The molecule has 0 bridgehead atoms. The Morgan fingerprint density at radius 2 is 2.16 bits per heavy atom. The summed E-state index contributed by atoms with van der Waals surface area (Å²) in [6.07, 6.45) is 2.92. The van der Waals surface area contributed by atoms with E-state index in [1.165, 1.54) is 9.75 Å². The van der Waals surface area contributed by atoms with Crippen molar-refractivity contribution in [3.05, 3.63) is 21.9 Å². The Morgan fingerprint density at radius 3 is 2.68 bits per heavy atom. The molecule has 1 aliphatic rings. The summed E-state index contributed by atoms with van der Waals surface area (Å²) in [5.74, 6) is 1.52. The van der Waals surface area contributed by atoms with Gasteiger partial charge in [-0.15, -0.1) is 11.3 Å². The molecule has 108 valence electrons. The largest absolute Gasteiger partial charge is 0.319 e. The molecule has 0 aromatic carbocycles. The molecular weight excluding hydrogens is 278 g/mol. The Morgan fingerprint density at radius 1 is 1.42 bits per heavy atom. The fraction of sp³-hybridized carbons (Fsp3) is 0.714. The predicted octanol–water partition coefficient (Wildman–Crippen LogP) is 2.12. The normalized spacial score (nSPS) is 23.6. The highest BCUT2D eigenvalue weighted by Gasteiger charge is 2.33. The summed E-state index contributed by atoms with van der Waals surface area (Å²) in [4.78, 5) is 2.80. The monoisotopic (exact) mass is 301 g/mol. The summed E-state index contributed by atoms with van der Waals surface area (Å²) in [6, 6.07) is 4.40. The van der Waals surface area contributed by atoms with Crippen LogP contribution < -0.4 is 5.32 Å². The zero-order chi connectivity index (χ0) is 13.9. The van der Waals surface area contributed by atoms with Crippen LogP contribution >= 0.6 is 11.3 Å². The van der Waals surface area contributed by atoms with Crippen molar-refractivity contribution in [2.24, 2.45) is 11.8 Å². The Balaban J connectivity index is 2.03. The minimum Gasteiger partial charge on any atom is -0.319 e. The van der Waals surface area contributed by atoms with Gasteiger partial charge in [0, 0.05) is 9.75 Å². The second-order valence-corrected chi connectivity index (χ2v) is 8.89. The molecule has 1 aromatic rings. The molecule has 2 heterocycles. The summed E-state index contributed by atoms with van der Waals surface area (Å²) in [5.41, 5.74) is 0. The molecule has 0 spiro atoms. The molecular formula is C14H23NO2S2. The van der Waals surface area contributed by atoms with Gasteiger partial charge >= 0.3 is 0 Å². The fourth-order valence-electron chi connectivity index (χ4n) is 2.84. The van der Waals surface area contributed by atoms with E-state index in [2.05, 4.69) is 24.4 Å². The number of nitrogens with one attached hydrogen (secondary N) is 1. The van der Waals surface area contributed by atoms with Crippen molar-refractivity contribution in [1.82, 2.24) is 5.32 Å². The van der Waals surface area contributed by atoms with E-state index in [4.69, 9.17) is 0 Å². The lowest BCUT2D eigenvalue weighted by atomic mass is 9.88. The second-order valence-electron chi connectivity index (χ2n) is 5.41. The van der Waals surface area contributed by atoms with Gasteiger partial charge in [0.1, 0.15) is 0 Å². The lowest BCUT2D eigenvalue weighted by Gasteiger charge is -2.21. The quantitative estimate of drug-likeness (QED) is 0.875. The van der Waals surface area contributed by atoms with Gasteiger partial charge in [-0.1, -0.05) is 6.92 Å². The van der Waals surface area contributed by atoms with E-state index in [0.29, 0.717) is 23.3 Å². The first-order valence-corrected chi connectivity index (χ1v) is 9.60. The number of rotatable bonds is 6. The molecule has 1 aliphatic heterocycles. The van der Waals surface area contributed by atoms with Gasteiger partial charge in [-0.25, -0.2) is 8.42 Å². The molecule has 2 rings (SSSR count). The fourth-order valence-corrected chi connectivity index (χ4v) is 5.81. The first-order valence-electron chi connectivity index (χ1n) is 6.96. The number of hydrogen-bond donors (Lipinski definition) is 1. The van der Waals surface area contributed by atoms with Crippen LogP contribution in [0.15, 0.2) is 12.1 Å².